The Bertz CT molecular complexity index is 553. The van der Waals surface area contributed by atoms with Gasteiger partial charge in [0.25, 0.3) is 0 Å². The van der Waals surface area contributed by atoms with E-state index in [1.807, 2.05) is 23.7 Å². The van der Waals surface area contributed by atoms with Gasteiger partial charge in [0, 0.05) is 11.3 Å². The summed E-state index contributed by atoms with van der Waals surface area (Å²) in [5.41, 5.74) is 8.74. The van der Waals surface area contributed by atoms with Crippen LogP contribution in [-0.4, -0.2) is 20.2 Å². The average Bonchev–Trinajstić information content (AvgIpc) is 2.83. The molecule has 0 aliphatic carbocycles. The highest BCUT2D eigenvalue weighted by Crippen LogP contribution is 2.25. The van der Waals surface area contributed by atoms with Gasteiger partial charge in [0.05, 0.1) is 6.04 Å². The summed E-state index contributed by atoms with van der Waals surface area (Å²) in [6.07, 6.45) is 2.23. The van der Waals surface area contributed by atoms with Crippen LogP contribution in [0.15, 0.2) is 18.2 Å². The number of nitrogens with two attached hydrogens (primary N) is 1. The maximum absolute atomic E-state index is 5.91. The van der Waals surface area contributed by atoms with Gasteiger partial charge in [-0.1, -0.05) is 13.8 Å². The van der Waals surface area contributed by atoms with Gasteiger partial charge < -0.3 is 5.73 Å². The van der Waals surface area contributed by atoms with Gasteiger partial charge in [-0.3, -0.25) is 0 Å². The molecule has 0 spiro atoms. The highest BCUT2D eigenvalue weighted by molar-refractivity contribution is 5.62. The molecule has 0 amide bonds. The first-order valence-electron chi connectivity index (χ1n) is 7.12. The van der Waals surface area contributed by atoms with Gasteiger partial charge in [-0.05, 0) is 66.8 Å². The molecule has 2 rings (SSSR count). The summed E-state index contributed by atoms with van der Waals surface area (Å²) in [4.78, 5) is 0. The highest BCUT2D eigenvalue weighted by atomic mass is 15.5. The lowest BCUT2D eigenvalue weighted by Crippen LogP contribution is -2.10. The molecule has 2 aromatic rings. The molecule has 1 aromatic carbocycles. The zero-order chi connectivity index (χ0) is 14.7. The van der Waals surface area contributed by atoms with Crippen LogP contribution >= 0.6 is 0 Å². The van der Waals surface area contributed by atoms with Crippen LogP contribution in [0.5, 0.6) is 0 Å². The third-order valence-electron chi connectivity index (χ3n) is 3.43. The van der Waals surface area contributed by atoms with Gasteiger partial charge in [0.1, 0.15) is 0 Å². The van der Waals surface area contributed by atoms with Gasteiger partial charge in [-0.2, -0.15) is 0 Å². The number of hydrogen-bond acceptors (Lipinski definition) is 4. The number of aromatic nitrogens is 4. The molecule has 0 fully saturated rings. The van der Waals surface area contributed by atoms with Gasteiger partial charge in [-0.15, -0.1) is 5.10 Å². The molecule has 1 aromatic heterocycles. The van der Waals surface area contributed by atoms with Crippen LogP contribution in [0.3, 0.4) is 0 Å². The number of nitrogen functional groups attached to an aromatic ring is 1. The van der Waals surface area contributed by atoms with Crippen molar-refractivity contribution in [3.05, 3.63) is 23.8 Å². The summed E-state index contributed by atoms with van der Waals surface area (Å²) < 4.78 is 1.90. The lowest BCUT2D eigenvalue weighted by atomic mass is 10.0. The number of benzene rings is 1. The molecule has 0 saturated carbocycles. The normalized spacial score (nSPS) is 12.8. The molecule has 5 heteroatoms. The predicted molar refractivity (Wildman–Crippen MR) is 81.2 cm³/mol. The van der Waals surface area contributed by atoms with E-state index in [0.717, 1.165) is 35.5 Å². The molecule has 1 unspecified atom stereocenters. The second-order valence-electron chi connectivity index (χ2n) is 5.90. The molecule has 0 aliphatic heterocycles. The molecule has 0 radical (unpaired) electrons. The smallest absolute Gasteiger partial charge is 0.182 e. The minimum atomic E-state index is 0.282. The van der Waals surface area contributed by atoms with Crippen LogP contribution in [0.25, 0.3) is 11.4 Å². The standard InChI is InChI=1S/C15H23N5/c1-10(2)5-6-12(4)20-15(17-18-19-20)13-7-11(3)8-14(16)9-13/h7-10,12H,5-6,16H2,1-4H3. The molecule has 20 heavy (non-hydrogen) atoms. The third kappa shape index (κ3) is 3.35. The van der Waals surface area contributed by atoms with Crippen LogP contribution in [-0.2, 0) is 0 Å². The van der Waals surface area contributed by atoms with Crippen molar-refractivity contribution in [3.63, 3.8) is 0 Å². The molecular weight excluding hydrogens is 250 g/mol. The summed E-state index contributed by atoms with van der Waals surface area (Å²) in [5, 5.41) is 12.1. The van der Waals surface area contributed by atoms with E-state index in [1.165, 1.54) is 0 Å². The molecule has 0 aliphatic rings. The Morgan fingerprint density at radius 2 is 1.90 bits per heavy atom. The largest absolute Gasteiger partial charge is 0.399 e. The Morgan fingerprint density at radius 3 is 2.55 bits per heavy atom. The van der Waals surface area contributed by atoms with Crippen LogP contribution < -0.4 is 5.73 Å². The fourth-order valence-corrected chi connectivity index (χ4v) is 2.32. The van der Waals surface area contributed by atoms with Gasteiger partial charge in [0.15, 0.2) is 5.82 Å². The van der Waals surface area contributed by atoms with Crippen LogP contribution in [0, 0.1) is 12.8 Å². The molecule has 0 bridgehead atoms. The monoisotopic (exact) mass is 273 g/mol. The zero-order valence-corrected chi connectivity index (χ0v) is 12.7. The summed E-state index contributed by atoms with van der Waals surface area (Å²) in [6.45, 7) is 8.64. The predicted octanol–water partition coefficient (Wildman–Crippen LogP) is 3.23. The maximum Gasteiger partial charge on any atom is 0.182 e. The summed E-state index contributed by atoms with van der Waals surface area (Å²) in [6, 6.07) is 6.21. The van der Waals surface area contributed by atoms with E-state index in [0.29, 0.717) is 5.92 Å². The third-order valence-corrected chi connectivity index (χ3v) is 3.43. The topological polar surface area (TPSA) is 69.6 Å². The zero-order valence-electron chi connectivity index (χ0n) is 12.7. The minimum absolute atomic E-state index is 0.282. The maximum atomic E-state index is 5.91. The summed E-state index contributed by atoms with van der Waals surface area (Å²) >= 11 is 0. The van der Waals surface area contributed by atoms with Crippen molar-refractivity contribution in [2.75, 3.05) is 5.73 Å². The minimum Gasteiger partial charge on any atom is -0.399 e. The quantitative estimate of drug-likeness (QED) is 0.849. The van der Waals surface area contributed by atoms with E-state index in [1.54, 1.807) is 0 Å². The molecule has 2 N–H and O–H groups in total. The molecule has 5 nitrogen and oxygen atoms in total. The van der Waals surface area contributed by atoms with Gasteiger partial charge in [0.2, 0.25) is 0 Å². The van der Waals surface area contributed by atoms with Crippen LogP contribution in [0.1, 0.15) is 45.2 Å². The molecule has 0 saturated heterocycles. The first kappa shape index (κ1) is 14.5. The SMILES string of the molecule is Cc1cc(N)cc(-c2nnnn2C(C)CCC(C)C)c1. The second-order valence-corrected chi connectivity index (χ2v) is 5.90. The Hall–Kier alpha value is -1.91. The van der Waals surface area contributed by atoms with E-state index in [9.17, 15) is 0 Å². The van der Waals surface area contributed by atoms with Crippen molar-refractivity contribution in [1.82, 2.24) is 20.2 Å². The fraction of sp³-hybridized carbons (Fsp3) is 0.533. The van der Waals surface area contributed by atoms with Crippen molar-refractivity contribution < 1.29 is 0 Å². The lowest BCUT2D eigenvalue weighted by Gasteiger charge is -2.15. The van der Waals surface area contributed by atoms with Gasteiger partial charge >= 0.3 is 0 Å². The van der Waals surface area contributed by atoms with Crippen LogP contribution in [0.2, 0.25) is 0 Å². The highest BCUT2D eigenvalue weighted by Gasteiger charge is 2.15. The van der Waals surface area contributed by atoms with Gasteiger partial charge in [-0.25, -0.2) is 4.68 Å². The Labute approximate surface area is 120 Å². The number of aryl methyl sites for hydroxylation is 1. The number of tetrazole rings is 1. The summed E-state index contributed by atoms with van der Waals surface area (Å²) in [5.74, 6) is 1.48. The summed E-state index contributed by atoms with van der Waals surface area (Å²) in [7, 11) is 0. The molecule has 1 atom stereocenters. The van der Waals surface area contributed by atoms with E-state index in [-0.39, 0.29) is 6.04 Å². The van der Waals surface area contributed by atoms with E-state index in [2.05, 4.69) is 42.4 Å². The second kappa shape index (κ2) is 6.03. The first-order chi connectivity index (χ1) is 9.47. The van der Waals surface area contributed by atoms with Crippen molar-refractivity contribution in [1.29, 1.82) is 0 Å². The fourth-order valence-electron chi connectivity index (χ4n) is 2.32. The van der Waals surface area contributed by atoms with Crippen LogP contribution in [0.4, 0.5) is 5.69 Å². The van der Waals surface area contributed by atoms with E-state index < -0.39 is 0 Å². The average molecular weight is 273 g/mol. The van der Waals surface area contributed by atoms with Crippen molar-refractivity contribution in [2.45, 2.75) is 46.6 Å². The number of hydrogen-bond donors (Lipinski definition) is 1. The number of rotatable bonds is 5. The first-order valence-corrected chi connectivity index (χ1v) is 7.12. The van der Waals surface area contributed by atoms with E-state index >= 15 is 0 Å². The van der Waals surface area contributed by atoms with Crippen molar-refractivity contribution in [3.8, 4) is 11.4 Å². The van der Waals surface area contributed by atoms with E-state index in [4.69, 9.17) is 5.73 Å². The Kier molecular flexibility index (Phi) is 4.37. The van der Waals surface area contributed by atoms with Crippen molar-refractivity contribution in [2.24, 2.45) is 5.92 Å². The molecular formula is C15H23N5. The Morgan fingerprint density at radius 1 is 1.15 bits per heavy atom. The number of nitrogens with zero attached hydrogens (tertiary/aromatic N) is 4. The number of anilines is 1. The van der Waals surface area contributed by atoms with Crippen molar-refractivity contribution >= 4 is 5.69 Å². The molecule has 1 heterocycles. The Balaban J connectivity index is 2.27. The lowest BCUT2D eigenvalue weighted by molar-refractivity contribution is 0.406. The molecule has 108 valence electrons.